The van der Waals surface area contributed by atoms with E-state index in [1.807, 2.05) is 18.2 Å². The van der Waals surface area contributed by atoms with Crippen LogP contribution in [0.25, 0.3) is 0 Å². The lowest BCUT2D eigenvalue weighted by atomic mass is 10.0. The fraction of sp³-hybridized carbons (Fsp3) is 0.333. The average molecular weight is 322 g/mol. The van der Waals surface area contributed by atoms with Gasteiger partial charge in [-0.05, 0) is 55.1 Å². The number of hydrogen-bond acceptors (Lipinski definition) is 1. The first-order valence-corrected chi connectivity index (χ1v) is 8.10. The van der Waals surface area contributed by atoms with E-state index in [0.717, 1.165) is 30.0 Å². The molecule has 0 saturated carbocycles. The van der Waals surface area contributed by atoms with E-state index in [1.165, 1.54) is 11.1 Å². The third-order valence-corrected chi connectivity index (χ3v) is 4.35. The van der Waals surface area contributed by atoms with Crippen molar-refractivity contribution in [2.24, 2.45) is 0 Å². The van der Waals surface area contributed by atoms with Gasteiger partial charge in [0.1, 0.15) is 0 Å². The molecular weight excluding hydrogens is 301 g/mol. The minimum absolute atomic E-state index is 0.263. The molecule has 1 N–H and O–H groups in total. The van der Waals surface area contributed by atoms with Crippen molar-refractivity contribution in [1.29, 1.82) is 0 Å². The second-order valence-corrected chi connectivity index (χ2v) is 6.10. The molecule has 0 aliphatic carbocycles. The minimum Gasteiger partial charge on any atom is -0.310 e. The molecule has 2 aromatic carbocycles. The number of nitrogens with one attached hydrogen (secondary N) is 1. The molecule has 2 aromatic rings. The molecule has 2 rings (SSSR count). The third kappa shape index (κ3) is 4.47. The first-order chi connectivity index (χ1) is 10.1. The highest BCUT2D eigenvalue weighted by atomic mass is 35.5. The molecule has 0 fully saturated rings. The highest BCUT2D eigenvalue weighted by Gasteiger charge is 2.12. The van der Waals surface area contributed by atoms with Gasteiger partial charge in [0.25, 0.3) is 0 Å². The van der Waals surface area contributed by atoms with Crippen LogP contribution in [0.5, 0.6) is 0 Å². The molecule has 0 radical (unpaired) electrons. The predicted molar refractivity (Wildman–Crippen MR) is 92.4 cm³/mol. The second kappa shape index (κ2) is 7.84. The molecule has 0 spiro atoms. The zero-order valence-electron chi connectivity index (χ0n) is 12.5. The van der Waals surface area contributed by atoms with E-state index in [2.05, 4.69) is 43.4 Å². The van der Waals surface area contributed by atoms with E-state index in [0.29, 0.717) is 5.02 Å². The van der Waals surface area contributed by atoms with Gasteiger partial charge in [-0.15, -0.1) is 0 Å². The zero-order valence-corrected chi connectivity index (χ0v) is 14.0. The van der Waals surface area contributed by atoms with Crippen LogP contribution >= 0.6 is 23.2 Å². The van der Waals surface area contributed by atoms with E-state index in [-0.39, 0.29) is 6.04 Å². The Bertz CT molecular complexity index is 596. The van der Waals surface area contributed by atoms with Crippen molar-refractivity contribution in [3.63, 3.8) is 0 Å². The Balaban J connectivity index is 1.98. The molecular formula is C18H21Cl2N. The fourth-order valence-corrected chi connectivity index (χ4v) is 3.07. The quantitative estimate of drug-likeness (QED) is 0.731. The molecule has 1 atom stereocenters. The summed E-state index contributed by atoms with van der Waals surface area (Å²) < 4.78 is 0. The van der Waals surface area contributed by atoms with Gasteiger partial charge in [-0.3, -0.25) is 0 Å². The van der Waals surface area contributed by atoms with Crippen molar-refractivity contribution >= 4 is 23.2 Å². The van der Waals surface area contributed by atoms with Crippen LogP contribution in [0, 0.1) is 6.92 Å². The molecule has 0 bridgehead atoms. The summed E-state index contributed by atoms with van der Waals surface area (Å²) in [6, 6.07) is 14.5. The standard InChI is InChI=1S/C18H21Cl2N/c1-3-18(16-9-8-15(19)12-17(16)20)21-11-10-14-7-5-4-6-13(14)2/h4-9,12,18,21H,3,10-11H2,1-2H3. The van der Waals surface area contributed by atoms with Gasteiger partial charge in [-0.25, -0.2) is 0 Å². The Hall–Kier alpha value is -1.02. The minimum atomic E-state index is 0.263. The summed E-state index contributed by atoms with van der Waals surface area (Å²) in [5.74, 6) is 0. The Morgan fingerprint density at radius 3 is 2.52 bits per heavy atom. The third-order valence-electron chi connectivity index (χ3n) is 3.79. The summed E-state index contributed by atoms with van der Waals surface area (Å²) in [6.45, 7) is 5.25. The van der Waals surface area contributed by atoms with Crippen LogP contribution in [-0.4, -0.2) is 6.54 Å². The first kappa shape index (κ1) is 16.4. The maximum atomic E-state index is 6.30. The van der Waals surface area contributed by atoms with Crippen molar-refractivity contribution in [3.8, 4) is 0 Å². The SMILES string of the molecule is CCC(NCCc1ccccc1C)c1ccc(Cl)cc1Cl. The van der Waals surface area contributed by atoms with Crippen molar-refractivity contribution in [2.45, 2.75) is 32.7 Å². The molecule has 1 nitrogen and oxygen atoms in total. The molecule has 1 unspecified atom stereocenters. The summed E-state index contributed by atoms with van der Waals surface area (Å²) in [7, 11) is 0. The Kier molecular flexibility index (Phi) is 6.10. The van der Waals surface area contributed by atoms with Crippen LogP contribution in [0.1, 0.15) is 36.1 Å². The van der Waals surface area contributed by atoms with Crippen LogP contribution < -0.4 is 5.32 Å². The first-order valence-electron chi connectivity index (χ1n) is 7.34. The van der Waals surface area contributed by atoms with Crippen LogP contribution in [0.4, 0.5) is 0 Å². The highest BCUT2D eigenvalue weighted by Crippen LogP contribution is 2.28. The fourth-order valence-electron chi connectivity index (χ4n) is 2.53. The lowest BCUT2D eigenvalue weighted by Crippen LogP contribution is -2.23. The average Bonchev–Trinajstić information content (AvgIpc) is 2.46. The molecule has 0 aromatic heterocycles. The predicted octanol–water partition coefficient (Wildman–Crippen LogP) is 5.59. The van der Waals surface area contributed by atoms with Crippen molar-refractivity contribution in [1.82, 2.24) is 5.32 Å². The van der Waals surface area contributed by atoms with Crippen molar-refractivity contribution in [3.05, 3.63) is 69.2 Å². The van der Waals surface area contributed by atoms with E-state index in [9.17, 15) is 0 Å². The Labute approximate surface area is 137 Å². The maximum Gasteiger partial charge on any atom is 0.0468 e. The van der Waals surface area contributed by atoms with Gasteiger partial charge < -0.3 is 5.32 Å². The molecule has 3 heteroatoms. The highest BCUT2D eigenvalue weighted by molar-refractivity contribution is 6.35. The Morgan fingerprint density at radius 2 is 1.86 bits per heavy atom. The van der Waals surface area contributed by atoms with Crippen molar-refractivity contribution < 1.29 is 0 Å². The number of hydrogen-bond donors (Lipinski definition) is 1. The van der Waals surface area contributed by atoms with E-state index in [4.69, 9.17) is 23.2 Å². The smallest absolute Gasteiger partial charge is 0.0468 e. The number of benzene rings is 2. The Morgan fingerprint density at radius 1 is 1.10 bits per heavy atom. The van der Waals surface area contributed by atoms with Crippen molar-refractivity contribution in [2.75, 3.05) is 6.54 Å². The monoisotopic (exact) mass is 321 g/mol. The molecule has 112 valence electrons. The van der Waals surface area contributed by atoms with Gasteiger partial charge in [-0.1, -0.05) is 60.5 Å². The molecule has 0 saturated heterocycles. The molecule has 0 aliphatic rings. The van der Waals surface area contributed by atoms with Gasteiger partial charge in [0.15, 0.2) is 0 Å². The van der Waals surface area contributed by atoms with Gasteiger partial charge in [0.2, 0.25) is 0 Å². The summed E-state index contributed by atoms with van der Waals surface area (Å²) in [4.78, 5) is 0. The van der Waals surface area contributed by atoms with Gasteiger partial charge in [0.05, 0.1) is 0 Å². The van der Waals surface area contributed by atoms with Gasteiger partial charge in [-0.2, -0.15) is 0 Å². The molecule has 0 amide bonds. The number of rotatable bonds is 6. The lowest BCUT2D eigenvalue weighted by molar-refractivity contribution is 0.522. The molecule has 0 aliphatic heterocycles. The summed E-state index contributed by atoms with van der Waals surface area (Å²) in [5, 5.41) is 5.01. The zero-order chi connectivity index (χ0) is 15.2. The van der Waals surface area contributed by atoms with E-state index >= 15 is 0 Å². The van der Waals surface area contributed by atoms with Crippen LogP contribution in [0.3, 0.4) is 0 Å². The molecule has 21 heavy (non-hydrogen) atoms. The van der Waals surface area contributed by atoms with Gasteiger partial charge in [0, 0.05) is 16.1 Å². The number of halogens is 2. The normalized spacial score (nSPS) is 12.4. The summed E-state index contributed by atoms with van der Waals surface area (Å²) >= 11 is 12.3. The van der Waals surface area contributed by atoms with E-state index in [1.54, 1.807) is 0 Å². The maximum absolute atomic E-state index is 6.30. The van der Waals surface area contributed by atoms with E-state index < -0.39 is 0 Å². The summed E-state index contributed by atoms with van der Waals surface area (Å²) in [6.07, 6.45) is 2.02. The summed E-state index contributed by atoms with van der Waals surface area (Å²) in [5.41, 5.74) is 3.85. The topological polar surface area (TPSA) is 12.0 Å². The van der Waals surface area contributed by atoms with Gasteiger partial charge >= 0.3 is 0 Å². The second-order valence-electron chi connectivity index (χ2n) is 5.26. The lowest BCUT2D eigenvalue weighted by Gasteiger charge is -2.19. The van der Waals surface area contributed by atoms with Crippen LogP contribution in [0.2, 0.25) is 10.0 Å². The largest absolute Gasteiger partial charge is 0.310 e. The van der Waals surface area contributed by atoms with Crippen LogP contribution in [0.15, 0.2) is 42.5 Å². The number of aryl methyl sites for hydroxylation is 1. The molecule has 0 heterocycles. The van der Waals surface area contributed by atoms with Crippen LogP contribution in [-0.2, 0) is 6.42 Å².